The van der Waals surface area contributed by atoms with E-state index in [1.54, 1.807) is 0 Å². The lowest BCUT2D eigenvalue weighted by atomic mass is 10.0. The third kappa shape index (κ3) is 5.30. The standard InChI is InChI=1S/C24H30N2O/c1-25(18-16-20-11-5-3-6-12-20)17-10-4-7-15-24(27)22-19-26(2)23-14-9-8-13-21(22)23/h3,5-6,8-9,11-14,19H,4,7,10,15-18H2,1-2H3. The summed E-state index contributed by atoms with van der Waals surface area (Å²) in [6.07, 6.45) is 6.93. The lowest BCUT2D eigenvalue weighted by Crippen LogP contribution is -2.22. The summed E-state index contributed by atoms with van der Waals surface area (Å²) in [5.74, 6) is 0.268. The van der Waals surface area contributed by atoms with Crippen LogP contribution in [0.3, 0.4) is 0 Å². The van der Waals surface area contributed by atoms with Crippen molar-refractivity contribution in [3.63, 3.8) is 0 Å². The van der Waals surface area contributed by atoms with E-state index in [1.807, 2.05) is 36.0 Å². The minimum absolute atomic E-state index is 0.268. The van der Waals surface area contributed by atoms with Gasteiger partial charge >= 0.3 is 0 Å². The summed E-state index contributed by atoms with van der Waals surface area (Å²) in [6.45, 7) is 2.17. The van der Waals surface area contributed by atoms with Crippen LogP contribution in [-0.4, -0.2) is 35.4 Å². The van der Waals surface area contributed by atoms with Gasteiger partial charge in [0, 0.05) is 42.7 Å². The van der Waals surface area contributed by atoms with Gasteiger partial charge in [0.25, 0.3) is 0 Å². The van der Waals surface area contributed by atoms with E-state index in [0.717, 1.165) is 55.2 Å². The molecule has 0 spiro atoms. The van der Waals surface area contributed by atoms with Crippen LogP contribution in [0, 0.1) is 0 Å². The van der Waals surface area contributed by atoms with Gasteiger partial charge in [0.1, 0.15) is 0 Å². The molecule has 0 amide bonds. The second-order valence-corrected chi connectivity index (χ2v) is 7.44. The quantitative estimate of drug-likeness (QED) is 0.370. The number of carbonyl (C=O) groups is 1. The number of aryl methyl sites for hydroxylation is 1. The molecule has 1 heterocycles. The molecule has 3 heteroatoms. The predicted molar refractivity (Wildman–Crippen MR) is 113 cm³/mol. The SMILES string of the molecule is CN(CCCCCC(=O)c1cn(C)c2ccccc12)CCc1ccccc1. The Hall–Kier alpha value is -2.39. The maximum Gasteiger partial charge on any atom is 0.165 e. The maximum absolute atomic E-state index is 12.6. The van der Waals surface area contributed by atoms with E-state index in [0.29, 0.717) is 6.42 Å². The first-order valence-electron chi connectivity index (χ1n) is 9.95. The molecule has 27 heavy (non-hydrogen) atoms. The molecule has 0 fully saturated rings. The number of hydrogen-bond donors (Lipinski definition) is 0. The molecule has 0 radical (unpaired) electrons. The van der Waals surface area contributed by atoms with Crippen LogP contribution in [0.4, 0.5) is 0 Å². The van der Waals surface area contributed by atoms with Gasteiger partial charge in [0.15, 0.2) is 5.78 Å². The number of carbonyl (C=O) groups excluding carboxylic acids is 1. The Balaban J connectivity index is 1.36. The number of fused-ring (bicyclic) bond motifs is 1. The first kappa shape index (κ1) is 19.4. The molecule has 0 bridgehead atoms. The number of Topliss-reactive ketones (excluding diaryl/α,β-unsaturated/α-hetero) is 1. The highest BCUT2D eigenvalue weighted by Crippen LogP contribution is 2.22. The van der Waals surface area contributed by atoms with Gasteiger partial charge in [-0.05, 0) is 44.5 Å². The molecule has 0 unspecified atom stereocenters. The van der Waals surface area contributed by atoms with E-state index in [1.165, 1.54) is 5.56 Å². The van der Waals surface area contributed by atoms with Gasteiger partial charge in [0.2, 0.25) is 0 Å². The average molecular weight is 363 g/mol. The van der Waals surface area contributed by atoms with Gasteiger partial charge in [-0.1, -0.05) is 55.0 Å². The molecule has 142 valence electrons. The van der Waals surface area contributed by atoms with Gasteiger partial charge in [-0.15, -0.1) is 0 Å². The molecule has 0 saturated heterocycles. The Morgan fingerprint density at radius 2 is 1.67 bits per heavy atom. The van der Waals surface area contributed by atoms with Crippen LogP contribution >= 0.6 is 0 Å². The summed E-state index contributed by atoms with van der Waals surface area (Å²) in [6, 6.07) is 18.8. The smallest absolute Gasteiger partial charge is 0.165 e. The first-order valence-corrected chi connectivity index (χ1v) is 9.95. The van der Waals surface area contributed by atoms with Crippen molar-refractivity contribution in [2.45, 2.75) is 32.1 Å². The summed E-state index contributed by atoms with van der Waals surface area (Å²) in [5, 5.41) is 1.07. The van der Waals surface area contributed by atoms with E-state index in [9.17, 15) is 4.79 Å². The van der Waals surface area contributed by atoms with Crippen LogP contribution < -0.4 is 0 Å². The number of likely N-dealkylation sites (N-methyl/N-ethyl adjacent to an activating group) is 1. The van der Waals surface area contributed by atoms with Gasteiger partial charge in [-0.2, -0.15) is 0 Å². The first-order chi connectivity index (χ1) is 13.1. The fourth-order valence-electron chi connectivity index (χ4n) is 3.62. The summed E-state index contributed by atoms with van der Waals surface area (Å²) in [7, 11) is 4.19. The Labute approximate surface area is 162 Å². The molecule has 3 nitrogen and oxygen atoms in total. The van der Waals surface area contributed by atoms with Crippen molar-refractivity contribution in [2.75, 3.05) is 20.1 Å². The van der Waals surface area contributed by atoms with E-state index >= 15 is 0 Å². The number of unbranched alkanes of at least 4 members (excludes halogenated alkanes) is 2. The van der Waals surface area contributed by atoms with Crippen molar-refractivity contribution >= 4 is 16.7 Å². The molecule has 0 atom stereocenters. The molecule has 0 aliphatic rings. The van der Waals surface area contributed by atoms with Crippen LogP contribution in [0.25, 0.3) is 10.9 Å². The van der Waals surface area contributed by atoms with Crippen LogP contribution in [0.2, 0.25) is 0 Å². The number of aromatic nitrogens is 1. The molecule has 0 aliphatic carbocycles. The van der Waals surface area contributed by atoms with Crippen molar-refractivity contribution in [1.29, 1.82) is 0 Å². The monoisotopic (exact) mass is 362 g/mol. The molecule has 0 saturated carbocycles. The summed E-state index contributed by atoms with van der Waals surface area (Å²) in [4.78, 5) is 15.0. The fourth-order valence-corrected chi connectivity index (χ4v) is 3.62. The summed E-state index contributed by atoms with van der Waals surface area (Å²) >= 11 is 0. The molecule has 0 N–H and O–H groups in total. The lowest BCUT2D eigenvalue weighted by molar-refractivity contribution is 0.0980. The molecule has 2 aromatic carbocycles. The van der Waals surface area contributed by atoms with Gasteiger partial charge in [-0.3, -0.25) is 4.79 Å². The molecule has 1 aromatic heterocycles. The highest BCUT2D eigenvalue weighted by atomic mass is 16.1. The zero-order valence-corrected chi connectivity index (χ0v) is 16.5. The third-order valence-corrected chi connectivity index (χ3v) is 5.27. The Bertz CT molecular complexity index is 866. The molecular weight excluding hydrogens is 332 g/mol. The number of nitrogens with zero attached hydrogens (tertiary/aromatic N) is 2. The minimum atomic E-state index is 0.268. The number of rotatable bonds is 10. The van der Waals surface area contributed by atoms with Crippen LogP contribution in [0.15, 0.2) is 60.8 Å². The second-order valence-electron chi connectivity index (χ2n) is 7.44. The van der Waals surface area contributed by atoms with Crippen molar-refractivity contribution in [3.8, 4) is 0 Å². The van der Waals surface area contributed by atoms with Crippen molar-refractivity contribution in [1.82, 2.24) is 9.47 Å². The Morgan fingerprint density at radius 1 is 0.926 bits per heavy atom. The number of para-hydroxylation sites is 1. The summed E-state index contributed by atoms with van der Waals surface area (Å²) < 4.78 is 2.05. The van der Waals surface area contributed by atoms with Gasteiger partial charge < -0.3 is 9.47 Å². The van der Waals surface area contributed by atoms with E-state index < -0.39 is 0 Å². The highest BCUT2D eigenvalue weighted by molar-refractivity contribution is 6.08. The summed E-state index contributed by atoms with van der Waals surface area (Å²) in [5.41, 5.74) is 3.39. The molecule has 3 rings (SSSR count). The van der Waals surface area contributed by atoms with Gasteiger partial charge in [-0.25, -0.2) is 0 Å². The molecule has 3 aromatic rings. The maximum atomic E-state index is 12.6. The number of hydrogen-bond acceptors (Lipinski definition) is 2. The van der Waals surface area contributed by atoms with E-state index in [-0.39, 0.29) is 5.78 Å². The molecular formula is C24H30N2O. The normalized spacial score (nSPS) is 11.4. The van der Waals surface area contributed by atoms with Crippen LogP contribution in [-0.2, 0) is 13.5 Å². The number of benzene rings is 2. The van der Waals surface area contributed by atoms with Crippen LogP contribution in [0.5, 0.6) is 0 Å². The largest absolute Gasteiger partial charge is 0.350 e. The fraction of sp³-hybridized carbons (Fsp3) is 0.375. The topological polar surface area (TPSA) is 25.2 Å². The Kier molecular flexibility index (Phi) is 6.83. The molecule has 0 aliphatic heterocycles. The Morgan fingerprint density at radius 3 is 2.48 bits per heavy atom. The van der Waals surface area contributed by atoms with Crippen LogP contribution in [0.1, 0.15) is 41.6 Å². The van der Waals surface area contributed by atoms with E-state index in [4.69, 9.17) is 0 Å². The average Bonchev–Trinajstić information content (AvgIpc) is 3.04. The third-order valence-electron chi connectivity index (χ3n) is 5.27. The minimum Gasteiger partial charge on any atom is -0.350 e. The van der Waals surface area contributed by atoms with Crippen molar-refractivity contribution in [2.24, 2.45) is 7.05 Å². The van der Waals surface area contributed by atoms with Crippen molar-refractivity contribution < 1.29 is 4.79 Å². The van der Waals surface area contributed by atoms with E-state index in [2.05, 4.69) is 48.3 Å². The lowest BCUT2D eigenvalue weighted by Gasteiger charge is -2.16. The predicted octanol–water partition coefficient (Wildman–Crippen LogP) is 5.10. The second kappa shape index (κ2) is 9.52. The van der Waals surface area contributed by atoms with Gasteiger partial charge in [0.05, 0.1) is 0 Å². The zero-order chi connectivity index (χ0) is 19.1. The zero-order valence-electron chi connectivity index (χ0n) is 16.5. The highest BCUT2D eigenvalue weighted by Gasteiger charge is 2.13. The number of ketones is 1. The van der Waals surface area contributed by atoms with Crippen molar-refractivity contribution in [3.05, 3.63) is 71.9 Å².